The predicted molar refractivity (Wildman–Crippen MR) is 95.8 cm³/mol. The monoisotopic (exact) mass is 342 g/mol. The zero-order valence-electron chi connectivity index (χ0n) is 13.9. The Morgan fingerprint density at radius 3 is 2.71 bits per heavy atom. The number of rotatable bonds is 4. The van der Waals surface area contributed by atoms with Crippen LogP contribution in [0.1, 0.15) is 36.3 Å². The summed E-state index contributed by atoms with van der Waals surface area (Å²) in [6.45, 7) is 5.84. The molecule has 2 heterocycles. The number of benzene rings is 1. The molecule has 1 aromatic carbocycles. The topological polar surface area (TPSA) is 59.8 Å². The van der Waals surface area contributed by atoms with E-state index < -0.39 is 0 Å². The van der Waals surface area contributed by atoms with Crippen LogP contribution < -0.4 is 5.32 Å². The van der Waals surface area contributed by atoms with E-state index in [4.69, 9.17) is 11.6 Å². The highest BCUT2D eigenvalue weighted by molar-refractivity contribution is 6.38. The summed E-state index contributed by atoms with van der Waals surface area (Å²) in [6.07, 6.45) is 2.37. The van der Waals surface area contributed by atoms with Gasteiger partial charge in [-0.3, -0.25) is 4.79 Å². The molecular formula is C18H19ClN4O. The summed E-state index contributed by atoms with van der Waals surface area (Å²) in [7, 11) is 0. The number of fused-ring (bicyclic) bond motifs is 1. The maximum Gasteiger partial charge on any atom is 0.254 e. The molecule has 0 radical (unpaired) electrons. The molecule has 0 saturated carbocycles. The molecule has 1 atom stereocenters. The molecule has 3 aromatic rings. The van der Waals surface area contributed by atoms with Gasteiger partial charge in [-0.05, 0) is 32.4 Å². The molecule has 3 rings (SSSR count). The fourth-order valence-corrected chi connectivity index (χ4v) is 2.88. The summed E-state index contributed by atoms with van der Waals surface area (Å²) in [5.41, 5.74) is 2.66. The SMILES string of the molecule is CC[C@H](C)NC(=O)c1cnc2c(c(C)nn2-c2ccccc2)c1Cl. The maximum absolute atomic E-state index is 12.4. The average Bonchev–Trinajstić information content (AvgIpc) is 2.93. The minimum absolute atomic E-state index is 0.0809. The van der Waals surface area contributed by atoms with E-state index in [2.05, 4.69) is 15.4 Å². The van der Waals surface area contributed by atoms with Gasteiger partial charge in [0.05, 0.1) is 27.4 Å². The van der Waals surface area contributed by atoms with Gasteiger partial charge in [0, 0.05) is 12.2 Å². The highest BCUT2D eigenvalue weighted by Gasteiger charge is 2.20. The van der Waals surface area contributed by atoms with E-state index in [0.717, 1.165) is 17.8 Å². The number of hydrogen-bond donors (Lipinski definition) is 1. The summed E-state index contributed by atoms with van der Waals surface area (Å²) < 4.78 is 1.74. The van der Waals surface area contributed by atoms with Gasteiger partial charge in [-0.25, -0.2) is 9.67 Å². The second-order valence-corrected chi connectivity index (χ2v) is 6.18. The second kappa shape index (κ2) is 6.61. The molecule has 124 valence electrons. The van der Waals surface area contributed by atoms with Gasteiger partial charge in [-0.15, -0.1) is 0 Å². The van der Waals surface area contributed by atoms with Crippen molar-refractivity contribution in [3.8, 4) is 5.69 Å². The van der Waals surface area contributed by atoms with Crippen molar-refractivity contribution in [1.82, 2.24) is 20.1 Å². The number of carbonyl (C=O) groups excluding carboxylic acids is 1. The summed E-state index contributed by atoms with van der Waals surface area (Å²) in [5, 5.41) is 8.55. The van der Waals surface area contributed by atoms with Gasteiger partial charge in [0.1, 0.15) is 0 Å². The Hall–Kier alpha value is -2.40. The molecule has 0 saturated heterocycles. The Balaban J connectivity index is 2.11. The van der Waals surface area contributed by atoms with Crippen molar-refractivity contribution in [2.45, 2.75) is 33.2 Å². The average molecular weight is 343 g/mol. The van der Waals surface area contributed by atoms with Gasteiger partial charge >= 0.3 is 0 Å². The third-order valence-electron chi connectivity index (χ3n) is 4.04. The number of aryl methyl sites for hydroxylation is 1. The molecule has 2 aromatic heterocycles. The molecule has 0 bridgehead atoms. The second-order valence-electron chi connectivity index (χ2n) is 5.80. The standard InChI is InChI=1S/C18H19ClN4O/c1-4-11(2)21-18(24)14-10-20-17-15(16(14)19)12(3)22-23(17)13-8-6-5-7-9-13/h5-11H,4H2,1-3H3,(H,21,24)/t11-/m0/s1. The van der Waals surface area contributed by atoms with Crippen molar-refractivity contribution >= 4 is 28.5 Å². The van der Waals surface area contributed by atoms with Crippen LogP contribution in [-0.4, -0.2) is 26.7 Å². The smallest absolute Gasteiger partial charge is 0.254 e. The lowest BCUT2D eigenvalue weighted by Gasteiger charge is -2.12. The lowest BCUT2D eigenvalue weighted by molar-refractivity contribution is 0.0939. The highest BCUT2D eigenvalue weighted by atomic mass is 35.5. The van der Waals surface area contributed by atoms with Gasteiger partial charge in [-0.2, -0.15) is 5.10 Å². The molecule has 24 heavy (non-hydrogen) atoms. The van der Waals surface area contributed by atoms with Crippen molar-refractivity contribution in [3.05, 3.63) is 52.8 Å². The third-order valence-corrected chi connectivity index (χ3v) is 4.44. The van der Waals surface area contributed by atoms with Crippen LogP contribution in [0.3, 0.4) is 0 Å². The minimum atomic E-state index is -0.212. The predicted octanol–water partition coefficient (Wildman–Crippen LogP) is 3.91. The molecule has 1 amide bonds. The van der Waals surface area contributed by atoms with E-state index in [0.29, 0.717) is 21.6 Å². The molecular weight excluding hydrogens is 324 g/mol. The van der Waals surface area contributed by atoms with Gasteiger partial charge in [0.25, 0.3) is 5.91 Å². The van der Waals surface area contributed by atoms with Crippen LogP contribution in [0.5, 0.6) is 0 Å². The largest absolute Gasteiger partial charge is 0.350 e. The van der Waals surface area contributed by atoms with Gasteiger partial charge in [0.2, 0.25) is 0 Å². The Labute approximate surface area is 145 Å². The Bertz CT molecular complexity index is 889. The summed E-state index contributed by atoms with van der Waals surface area (Å²) in [6, 6.07) is 9.80. The molecule has 1 N–H and O–H groups in total. The van der Waals surface area contributed by atoms with Gasteiger partial charge < -0.3 is 5.32 Å². The molecule has 0 unspecified atom stereocenters. The van der Waals surface area contributed by atoms with Crippen LogP contribution in [0.4, 0.5) is 0 Å². The summed E-state index contributed by atoms with van der Waals surface area (Å²) in [5.74, 6) is -0.212. The van der Waals surface area contributed by atoms with Gasteiger partial charge in [-0.1, -0.05) is 36.7 Å². The molecule has 0 spiro atoms. The van der Waals surface area contributed by atoms with Gasteiger partial charge in [0.15, 0.2) is 5.65 Å². The zero-order valence-corrected chi connectivity index (χ0v) is 14.6. The van der Waals surface area contributed by atoms with Crippen LogP contribution >= 0.6 is 11.6 Å². The number of nitrogens with zero attached hydrogens (tertiary/aromatic N) is 3. The number of para-hydroxylation sites is 1. The molecule has 0 aliphatic rings. The van der Waals surface area contributed by atoms with Crippen molar-refractivity contribution in [2.24, 2.45) is 0 Å². The van der Waals surface area contributed by atoms with E-state index in [9.17, 15) is 4.79 Å². The highest BCUT2D eigenvalue weighted by Crippen LogP contribution is 2.29. The van der Waals surface area contributed by atoms with Crippen molar-refractivity contribution in [2.75, 3.05) is 0 Å². The Morgan fingerprint density at radius 2 is 2.04 bits per heavy atom. The molecule has 5 nitrogen and oxygen atoms in total. The number of aromatic nitrogens is 3. The van der Waals surface area contributed by atoms with E-state index in [1.165, 1.54) is 6.20 Å². The first-order chi connectivity index (χ1) is 11.5. The van der Waals surface area contributed by atoms with Crippen LogP contribution in [0.15, 0.2) is 36.5 Å². The molecule has 0 aliphatic carbocycles. The fourth-order valence-electron chi connectivity index (χ4n) is 2.52. The van der Waals surface area contributed by atoms with E-state index in [1.54, 1.807) is 4.68 Å². The maximum atomic E-state index is 12.4. The van der Waals surface area contributed by atoms with Crippen LogP contribution in [0.25, 0.3) is 16.7 Å². The molecule has 6 heteroatoms. The first-order valence-corrected chi connectivity index (χ1v) is 8.30. The van der Waals surface area contributed by atoms with Crippen LogP contribution in [-0.2, 0) is 0 Å². The van der Waals surface area contributed by atoms with Crippen molar-refractivity contribution in [1.29, 1.82) is 0 Å². The number of pyridine rings is 1. The quantitative estimate of drug-likeness (QED) is 0.782. The Kier molecular flexibility index (Phi) is 4.53. The zero-order chi connectivity index (χ0) is 17.3. The number of nitrogens with one attached hydrogen (secondary N) is 1. The number of hydrogen-bond acceptors (Lipinski definition) is 3. The lowest BCUT2D eigenvalue weighted by Crippen LogP contribution is -2.32. The third kappa shape index (κ3) is 2.87. The lowest BCUT2D eigenvalue weighted by atomic mass is 10.1. The van der Waals surface area contributed by atoms with Crippen molar-refractivity contribution in [3.63, 3.8) is 0 Å². The van der Waals surface area contributed by atoms with Crippen molar-refractivity contribution < 1.29 is 4.79 Å². The number of halogens is 1. The number of amides is 1. The normalized spacial score (nSPS) is 12.3. The fraction of sp³-hybridized carbons (Fsp3) is 0.278. The summed E-state index contributed by atoms with van der Waals surface area (Å²) >= 11 is 6.51. The van der Waals surface area contributed by atoms with E-state index in [-0.39, 0.29) is 11.9 Å². The molecule has 0 fully saturated rings. The minimum Gasteiger partial charge on any atom is -0.350 e. The van der Waals surface area contributed by atoms with E-state index >= 15 is 0 Å². The molecule has 0 aliphatic heterocycles. The Morgan fingerprint density at radius 1 is 1.33 bits per heavy atom. The number of carbonyl (C=O) groups is 1. The van der Waals surface area contributed by atoms with E-state index in [1.807, 2.05) is 51.1 Å². The summed E-state index contributed by atoms with van der Waals surface area (Å²) in [4.78, 5) is 16.9. The van der Waals surface area contributed by atoms with Crippen LogP contribution in [0.2, 0.25) is 5.02 Å². The first kappa shape index (κ1) is 16.5. The first-order valence-electron chi connectivity index (χ1n) is 7.93. The van der Waals surface area contributed by atoms with Crippen LogP contribution in [0, 0.1) is 6.92 Å².